The number of thiophene rings is 1. The van der Waals surface area contributed by atoms with E-state index in [-0.39, 0.29) is 33.7 Å². The minimum Gasteiger partial charge on any atom is -0.479 e. The number of hydrogen-bond donors (Lipinski definition) is 2. The van der Waals surface area contributed by atoms with E-state index in [0.29, 0.717) is 11.3 Å². The molecular weight excluding hydrogens is 404 g/mol. The lowest BCUT2D eigenvalue weighted by Crippen LogP contribution is -2.34. The second kappa shape index (κ2) is 7.44. The summed E-state index contributed by atoms with van der Waals surface area (Å²) in [6, 6.07) is 4.18. The summed E-state index contributed by atoms with van der Waals surface area (Å²) >= 11 is 1.16. The van der Waals surface area contributed by atoms with Crippen LogP contribution in [0.3, 0.4) is 0 Å². The Bertz CT molecular complexity index is 1060. The summed E-state index contributed by atoms with van der Waals surface area (Å²) in [7, 11) is -4.01. The molecule has 10 heteroatoms. The van der Waals surface area contributed by atoms with Gasteiger partial charge in [0.25, 0.3) is 15.9 Å². The van der Waals surface area contributed by atoms with Crippen LogP contribution in [0.25, 0.3) is 0 Å². The smallest absolute Gasteiger partial charge is 0.341 e. The van der Waals surface area contributed by atoms with E-state index in [1.807, 2.05) is 0 Å². The van der Waals surface area contributed by atoms with Crippen LogP contribution in [0.1, 0.15) is 34.6 Å². The van der Waals surface area contributed by atoms with Crippen LogP contribution in [-0.2, 0) is 19.6 Å². The van der Waals surface area contributed by atoms with Crippen molar-refractivity contribution in [3.8, 4) is 5.75 Å². The molecule has 1 atom stereocenters. The van der Waals surface area contributed by atoms with Gasteiger partial charge in [0, 0.05) is 4.88 Å². The van der Waals surface area contributed by atoms with Crippen molar-refractivity contribution in [2.24, 2.45) is 0 Å². The summed E-state index contributed by atoms with van der Waals surface area (Å²) < 4.78 is 38.7. The number of hydrogen-bond acceptors (Lipinski definition) is 7. The number of anilines is 2. The molecule has 8 nitrogen and oxygen atoms in total. The molecule has 1 aromatic carbocycles. The third-order valence-corrected chi connectivity index (χ3v) is 6.88. The molecule has 2 aromatic rings. The molecule has 28 heavy (non-hydrogen) atoms. The Hall–Kier alpha value is -2.59. The van der Waals surface area contributed by atoms with Gasteiger partial charge in [0.15, 0.2) is 6.10 Å². The second-order valence-corrected chi connectivity index (χ2v) is 9.13. The Balaban J connectivity index is 1.96. The summed E-state index contributed by atoms with van der Waals surface area (Å²) in [6.07, 6.45) is -0.655. The van der Waals surface area contributed by atoms with E-state index in [1.165, 1.54) is 18.2 Å². The largest absolute Gasteiger partial charge is 0.479 e. The Morgan fingerprint density at radius 3 is 2.75 bits per heavy atom. The van der Waals surface area contributed by atoms with Gasteiger partial charge in [-0.25, -0.2) is 13.2 Å². The van der Waals surface area contributed by atoms with Crippen molar-refractivity contribution < 1.29 is 27.5 Å². The first kappa shape index (κ1) is 20.2. The zero-order valence-electron chi connectivity index (χ0n) is 15.8. The first-order valence-electron chi connectivity index (χ1n) is 8.55. The molecule has 1 amide bonds. The molecule has 0 aliphatic carbocycles. The molecule has 0 bridgehead atoms. The fourth-order valence-corrected chi connectivity index (χ4v) is 5.06. The first-order valence-corrected chi connectivity index (χ1v) is 10.9. The Morgan fingerprint density at radius 1 is 1.36 bits per heavy atom. The number of nitrogens with one attached hydrogen (secondary N) is 2. The zero-order chi connectivity index (χ0) is 20.6. The number of ether oxygens (including phenoxy) is 2. The third kappa shape index (κ3) is 3.69. The molecule has 0 spiro atoms. The number of carbonyl (C=O) groups is 2. The molecular formula is C18H20N2O6S2. The van der Waals surface area contributed by atoms with Gasteiger partial charge in [0.05, 0.1) is 22.8 Å². The lowest BCUT2D eigenvalue weighted by Gasteiger charge is -2.23. The monoisotopic (exact) mass is 424 g/mol. The van der Waals surface area contributed by atoms with Gasteiger partial charge in [0.1, 0.15) is 10.8 Å². The van der Waals surface area contributed by atoms with E-state index < -0.39 is 22.1 Å². The summed E-state index contributed by atoms with van der Waals surface area (Å²) in [5.41, 5.74) is 1.15. The Kier molecular flexibility index (Phi) is 5.35. The molecule has 0 saturated heterocycles. The maximum Gasteiger partial charge on any atom is 0.341 e. The molecule has 1 aromatic heterocycles. The van der Waals surface area contributed by atoms with Gasteiger partial charge in [-0.2, -0.15) is 0 Å². The van der Waals surface area contributed by atoms with Crippen molar-refractivity contribution in [3.63, 3.8) is 0 Å². The van der Waals surface area contributed by atoms with Gasteiger partial charge < -0.3 is 14.8 Å². The molecule has 0 radical (unpaired) electrons. The average molecular weight is 425 g/mol. The lowest BCUT2D eigenvalue weighted by molar-refractivity contribution is -0.122. The number of carbonyl (C=O) groups excluding carboxylic acids is 2. The minimum atomic E-state index is -4.01. The van der Waals surface area contributed by atoms with Crippen molar-refractivity contribution in [2.75, 3.05) is 16.6 Å². The molecule has 1 aliphatic heterocycles. The molecule has 0 fully saturated rings. The quantitative estimate of drug-likeness (QED) is 0.714. The number of rotatable bonds is 5. The predicted molar refractivity (Wildman–Crippen MR) is 106 cm³/mol. The van der Waals surface area contributed by atoms with Gasteiger partial charge in [-0.1, -0.05) is 0 Å². The van der Waals surface area contributed by atoms with E-state index in [0.717, 1.165) is 16.2 Å². The average Bonchev–Trinajstić information content (AvgIpc) is 2.88. The Labute approximate surface area is 166 Å². The highest BCUT2D eigenvalue weighted by Gasteiger charge is 2.28. The summed E-state index contributed by atoms with van der Waals surface area (Å²) in [6.45, 7) is 7.00. The summed E-state index contributed by atoms with van der Waals surface area (Å²) in [5.74, 6) is -0.549. The summed E-state index contributed by atoms with van der Waals surface area (Å²) in [5, 5.41) is 2.81. The standard InChI is InChI=1S/C18H20N2O6S2/c1-5-25-18(22)15-9(2)11(4)27-17(15)20-28(23,24)12-6-7-14-13(8-12)19-16(21)10(3)26-14/h6-8,10,20H,5H2,1-4H3,(H,19,21). The topological polar surface area (TPSA) is 111 Å². The number of esters is 1. The SMILES string of the molecule is CCOC(=O)c1c(NS(=O)(=O)c2ccc3c(c2)NC(=O)C(C)O3)sc(C)c1C. The third-order valence-electron chi connectivity index (χ3n) is 4.28. The van der Waals surface area contributed by atoms with Crippen LogP contribution in [0, 0.1) is 13.8 Å². The fourth-order valence-electron chi connectivity index (χ4n) is 2.68. The first-order chi connectivity index (χ1) is 13.1. The van der Waals surface area contributed by atoms with E-state index in [4.69, 9.17) is 9.47 Å². The van der Waals surface area contributed by atoms with E-state index in [9.17, 15) is 18.0 Å². The number of aryl methyl sites for hydroxylation is 1. The van der Waals surface area contributed by atoms with Crippen molar-refractivity contribution >= 4 is 43.9 Å². The van der Waals surface area contributed by atoms with Crippen molar-refractivity contribution in [1.82, 2.24) is 0 Å². The van der Waals surface area contributed by atoms with E-state index >= 15 is 0 Å². The van der Waals surface area contributed by atoms with Crippen molar-refractivity contribution in [2.45, 2.75) is 38.7 Å². The maximum atomic E-state index is 12.9. The molecule has 1 aliphatic rings. The van der Waals surface area contributed by atoms with Crippen LogP contribution in [0.15, 0.2) is 23.1 Å². The molecule has 150 valence electrons. The van der Waals surface area contributed by atoms with Crippen LogP contribution >= 0.6 is 11.3 Å². The second-order valence-electron chi connectivity index (χ2n) is 6.22. The Morgan fingerprint density at radius 2 is 2.07 bits per heavy atom. The molecule has 1 unspecified atom stereocenters. The highest BCUT2D eigenvalue weighted by atomic mass is 32.2. The number of fused-ring (bicyclic) bond motifs is 1. The van der Waals surface area contributed by atoms with Crippen LogP contribution < -0.4 is 14.8 Å². The van der Waals surface area contributed by atoms with Gasteiger partial charge in [-0.15, -0.1) is 11.3 Å². The predicted octanol–water partition coefficient (Wildman–Crippen LogP) is 3.06. The number of benzene rings is 1. The van der Waals surface area contributed by atoms with Crippen LogP contribution in [-0.4, -0.2) is 33.0 Å². The van der Waals surface area contributed by atoms with Gasteiger partial charge in [-0.3, -0.25) is 9.52 Å². The number of amides is 1. The van der Waals surface area contributed by atoms with Gasteiger partial charge in [-0.05, 0) is 51.5 Å². The van der Waals surface area contributed by atoms with Gasteiger partial charge in [0.2, 0.25) is 0 Å². The molecule has 2 heterocycles. The summed E-state index contributed by atoms with van der Waals surface area (Å²) in [4.78, 5) is 24.8. The van der Waals surface area contributed by atoms with Crippen LogP contribution in [0.2, 0.25) is 0 Å². The maximum absolute atomic E-state index is 12.9. The normalized spacial score (nSPS) is 16.0. The molecule has 2 N–H and O–H groups in total. The lowest BCUT2D eigenvalue weighted by atomic mass is 10.2. The highest BCUT2D eigenvalue weighted by Crippen LogP contribution is 2.36. The van der Waals surface area contributed by atoms with Crippen molar-refractivity contribution in [3.05, 3.63) is 34.2 Å². The van der Waals surface area contributed by atoms with E-state index in [2.05, 4.69) is 10.0 Å². The minimum absolute atomic E-state index is 0.0665. The molecule has 3 rings (SSSR count). The molecule has 0 saturated carbocycles. The van der Waals surface area contributed by atoms with Crippen LogP contribution in [0.5, 0.6) is 5.75 Å². The number of sulfonamides is 1. The highest BCUT2D eigenvalue weighted by molar-refractivity contribution is 7.93. The van der Waals surface area contributed by atoms with Crippen LogP contribution in [0.4, 0.5) is 10.7 Å². The van der Waals surface area contributed by atoms with Crippen molar-refractivity contribution in [1.29, 1.82) is 0 Å². The van der Waals surface area contributed by atoms with Gasteiger partial charge >= 0.3 is 5.97 Å². The zero-order valence-corrected chi connectivity index (χ0v) is 17.4. The van der Waals surface area contributed by atoms with E-state index in [1.54, 1.807) is 27.7 Å². The fraction of sp³-hybridized carbons (Fsp3) is 0.333.